The summed E-state index contributed by atoms with van der Waals surface area (Å²) in [5.41, 5.74) is 0. The molecule has 0 radical (unpaired) electrons. The quantitative estimate of drug-likeness (QED) is 0.566. The molecule has 0 bridgehead atoms. The van der Waals surface area contributed by atoms with Gasteiger partial charge in [0.15, 0.2) is 0 Å². The highest BCUT2D eigenvalue weighted by Crippen LogP contribution is 1.98. The van der Waals surface area contributed by atoms with Gasteiger partial charge in [-0.05, 0) is 12.8 Å². The van der Waals surface area contributed by atoms with E-state index in [1.807, 2.05) is 0 Å². The average molecular weight is 172 g/mol. The second kappa shape index (κ2) is 6.64. The minimum absolute atomic E-state index is 0.214. The van der Waals surface area contributed by atoms with E-state index in [1.165, 1.54) is 4.90 Å². The molecular formula is C8H16N2O2. The molecule has 0 aromatic rings. The summed E-state index contributed by atoms with van der Waals surface area (Å²) in [7, 11) is 3.38. The number of amides is 2. The second-order valence-electron chi connectivity index (χ2n) is 2.88. The van der Waals surface area contributed by atoms with Gasteiger partial charge >= 0.3 is 0 Å². The average Bonchev–Trinajstić information content (AvgIpc) is 2.07. The molecule has 1 aliphatic rings. The van der Waals surface area contributed by atoms with Crippen LogP contribution < -0.4 is 5.32 Å². The lowest BCUT2D eigenvalue weighted by Gasteiger charge is -2.08. The van der Waals surface area contributed by atoms with E-state index in [-0.39, 0.29) is 5.91 Å². The number of piperidine rings is 1. The van der Waals surface area contributed by atoms with Crippen LogP contribution in [0.15, 0.2) is 0 Å². The van der Waals surface area contributed by atoms with Gasteiger partial charge in [0, 0.05) is 27.1 Å². The predicted molar refractivity (Wildman–Crippen MR) is 46.6 cm³/mol. The molecule has 1 heterocycles. The Bertz CT molecular complexity index is 138. The third kappa shape index (κ3) is 7.05. The minimum atomic E-state index is 0.214. The van der Waals surface area contributed by atoms with Gasteiger partial charge < -0.3 is 10.2 Å². The molecule has 0 aromatic heterocycles. The van der Waals surface area contributed by atoms with E-state index in [2.05, 4.69) is 5.32 Å². The highest BCUT2D eigenvalue weighted by atomic mass is 16.1. The monoisotopic (exact) mass is 172 g/mol. The van der Waals surface area contributed by atoms with Gasteiger partial charge in [0.05, 0.1) is 0 Å². The molecule has 1 rings (SSSR count). The van der Waals surface area contributed by atoms with E-state index in [9.17, 15) is 9.59 Å². The fraction of sp³-hybridized carbons (Fsp3) is 0.750. The standard InChI is InChI=1S/C5H9NO.C3H7NO/c7-5-3-1-2-4-6-5;1-4(2)3-5/h1-4H2,(H,6,7);3H,1-2H3. The largest absolute Gasteiger partial charge is 0.356 e. The van der Waals surface area contributed by atoms with E-state index >= 15 is 0 Å². The van der Waals surface area contributed by atoms with Crippen molar-refractivity contribution in [2.24, 2.45) is 0 Å². The molecule has 70 valence electrons. The Kier molecular flexibility index (Phi) is 6.05. The van der Waals surface area contributed by atoms with Crippen molar-refractivity contribution in [3.63, 3.8) is 0 Å². The Morgan fingerprint density at radius 3 is 2.17 bits per heavy atom. The third-order valence-electron chi connectivity index (χ3n) is 1.36. The van der Waals surface area contributed by atoms with Crippen LogP contribution >= 0.6 is 0 Å². The molecule has 0 unspecified atom stereocenters. The smallest absolute Gasteiger partial charge is 0.219 e. The van der Waals surface area contributed by atoms with Crippen molar-refractivity contribution in [2.45, 2.75) is 19.3 Å². The first-order chi connectivity index (χ1) is 5.66. The minimum Gasteiger partial charge on any atom is -0.356 e. The van der Waals surface area contributed by atoms with Crippen LogP contribution in [0.2, 0.25) is 0 Å². The van der Waals surface area contributed by atoms with Crippen LogP contribution in [0.5, 0.6) is 0 Å². The van der Waals surface area contributed by atoms with Crippen molar-refractivity contribution in [3.8, 4) is 0 Å². The van der Waals surface area contributed by atoms with Crippen LogP contribution in [0.3, 0.4) is 0 Å². The summed E-state index contributed by atoms with van der Waals surface area (Å²) >= 11 is 0. The van der Waals surface area contributed by atoms with Gasteiger partial charge in [-0.15, -0.1) is 0 Å². The first-order valence-electron chi connectivity index (χ1n) is 4.05. The maximum atomic E-state index is 10.4. The number of carbonyl (C=O) groups excluding carboxylic acids is 2. The highest BCUT2D eigenvalue weighted by Gasteiger charge is 2.04. The van der Waals surface area contributed by atoms with Gasteiger partial charge in [0.2, 0.25) is 12.3 Å². The fourth-order valence-corrected chi connectivity index (χ4v) is 0.727. The fourth-order valence-electron chi connectivity index (χ4n) is 0.727. The number of rotatable bonds is 1. The van der Waals surface area contributed by atoms with E-state index in [4.69, 9.17) is 0 Å². The summed E-state index contributed by atoms with van der Waals surface area (Å²) in [6.07, 6.45) is 3.72. The van der Waals surface area contributed by atoms with Crippen molar-refractivity contribution >= 4 is 12.3 Å². The van der Waals surface area contributed by atoms with E-state index < -0.39 is 0 Å². The Labute approximate surface area is 72.9 Å². The van der Waals surface area contributed by atoms with Crippen molar-refractivity contribution in [3.05, 3.63) is 0 Å². The molecular weight excluding hydrogens is 156 g/mol. The zero-order valence-electron chi connectivity index (χ0n) is 7.67. The van der Waals surface area contributed by atoms with Crippen LogP contribution in [-0.2, 0) is 9.59 Å². The normalized spacial score (nSPS) is 15.3. The number of hydrogen-bond acceptors (Lipinski definition) is 2. The molecule has 0 atom stereocenters. The predicted octanol–water partition coefficient (Wildman–Crippen LogP) is -0.00910. The van der Waals surface area contributed by atoms with Gasteiger partial charge in [-0.1, -0.05) is 0 Å². The second-order valence-corrected chi connectivity index (χ2v) is 2.88. The molecule has 12 heavy (non-hydrogen) atoms. The molecule has 1 aliphatic heterocycles. The maximum Gasteiger partial charge on any atom is 0.219 e. The van der Waals surface area contributed by atoms with E-state index in [1.54, 1.807) is 14.1 Å². The molecule has 1 saturated heterocycles. The lowest BCUT2D eigenvalue weighted by molar-refractivity contribution is -0.122. The van der Waals surface area contributed by atoms with Crippen LogP contribution in [-0.4, -0.2) is 37.9 Å². The third-order valence-corrected chi connectivity index (χ3v) is 1.36. The van der Waals surface area contributed by atoms with E-state index in [0.717, 1.165) is 32.2 Å². The van der Waals surface area contributed by atoms with E-state index in [0.29, 0.717) is 0 Å². The Hall–Kier alpha value is -1.06. The number of hydrogen-bond donors (Lipinski definition) is 1. The molecule has 2 amide bonds. The number of nitrogens with zero attached hydrogens (tertiary/aromatic N) is 1. The summed E-state index contributed by atoms with van der Waals surface area (Å²) in [5.74, 6) is 0.214. The maximum absolute atomic E-state index is 10.4. The summed E-state index contributed by atoms with van der Waals surface area (Å²) in [4.78, 5) is 21.2. The zero-order chi connectivity index (χ0) is 9.40. The van der Waals surface area contributed by atoms with Crippen molar-refractivity contribution in [1.29, 1.82) is 0 Å². The number of nitrogens with one attached hydrogen (secondary N) is 1. The highest BCUT2D eigenvalue weighted by molar-refractivity contribution is 5.76. The summed E-state index contributed by atoms with van der Waals surface area (Å²) in [5, 5.41) is 2.74. The van der Waals surface area contributed by atoms with Crippen LogP contribution in [0.1, 0.15) is 19.3 Å². The molecule has 4 heteroatoms. The van der Waals surface area contributed by atoms with Gasteiger partial charge in [-0.25, -0.2) is 0 Å². The Balaban J connectivity index is 0.000000217. The van der Waals surface area contributed by atoms with Gasteiger partial charge in [0.25, 0.3) is 0 Å². The van der Waals surface area contributed by atoms with Crippen LogP contribution in [0.25, 0.3) is 0 Å². The molecule has 0 saturated carbocycles. The first kappa shape index (κ1) is 10.9. The molecule has 1 fully saturated rings. The Morgan fingerprint density at radius 1 is 1.42 bits per heavy atom. The van der Waals surface area contributed by atoms with Crippen molar-refractivity contribution in [1.82, 2.24) is 10.2 Å². The molecule has 1 N–H and O–H groups in total. The van der Waals surface area contributed by atoms with Gasteiger partial charge in [-0.3, -0.25) is 9.59 Å². The summed E-state index contributed by atoms with van der Waals surface area (Å²) < 4.78 is 0. The zero-order valence-corrected chi connectivity index (χ0v) is 7.67. The molecule has 0 spiro atoms. The summed E-state index contributed by atoms with van der Waals surface area (Å²) in [6, 6.07) is 0. The van der Waals surface area contributed by atoms with Crippen LogP contribution in [0, 0.1) is 0 Å². The van der Waals surface area contributed by atoms with Crippen molar-refractivity contribution in [2.75, 3.05) is 20.6 Å². The molecule has 4 nitrogen and oxygen atoms in total. The molecule has 0 aromatic carbocycles. The lowest BCUT2D eigenvalue weighted by Crippen LogP contribution is -2.28. The molecule has 0 aliphatic carbocycles. The van der Waals surface area contributed by atoms with Gasteiger partial charge in [-0.2, -0.15) is 0 Å². The topological polar surface area (TPSA) is 49.4 Å². The number of carbonyl (C=O) groups is 2. The van der Waals surface area contributed by atoms with Gasteiger partial charge in [0.1, 0.15) is 0 Å². The van der Waals surface area contributed by atoms with Crippen molar-refractivity contribution < 1.29 is 9.59 Å². The summed E-state index contributed by atoms with van der Waals surface area (Å²) in [6.45, 7) is 0.888. The van der Waals surface area contributed by atoms with Crippen LogP contribution in [0.4, 0.5) is 0 Å². The first-order valence-corrected chi connectivity index (χ1v) is 4.05. The lowest BCUT2D eigenvalue weighted by atomic mass is 10.2. The SMILES string of the molecule is CN(C)C=O.O=C1CCCCN1. The Morgan fingerprint density at radius 2 is 2.00 bits per heavy atom.